The minimum Gasteiger partial charge on any atom is -0.384 e. The molecule has 0 amide bonds. The average molecular weight is 271 g/mol. The Bertz CT molecular complexity index is 551. The van der Waals surface area contributed by atoms with Gasteiger partial charge in [-0.3, -0.25) is 0 Å². The molecule has 2 rings (SSSR count). The summed E-state index contributed by atoms with van der Waals surface area (Å²) in [5.41, 5.74) is 0.811. The van der Waals surface area contributed by atoms with Crippen LogP contribution in [-0.4, -0.2) is 36.7 Å². The number of nitrogens with zero attached hydrogens (tertiary/aromatic N) is 1. The molecule has 2 heterocycles. The van der Waals surface area contributed by atoms with E-state index in [0.717, 1.165) is 10.4 Å². The lowest BCUT2D eigenvalue weighted by Gasteiger charge is -2.13. The fourth-order valence-corrected chi connectivity index (χ4v) is 4.15. The Hall–Kier alpha value is -0.870. The Morgan fingerprint density at radius 2 is 2.35 bits per heavy atom. The van der Waals surface area contributed by atoms with Crippen LogP contribution in [0.25, 0.3) is 0 Å². The van der Waals surface area contributed by atoms with Crippen LogP contribution in [0.5, 0.6) is 0 Å². The van der Waals surface area contributed by atoms with Crippen LogP contribution >= 0.6 is 11.3 Å². The highest BCUT2D eigenvalue weighted by molar-refractivity contribution is 7.89. The first-order valence-electron chi connectivity index (χ1n) is 5.27. The second-order valence-electron chi connectivity index (χ2n) is 3.72. The molecular formula is C11H13NO3S2. The lowest BCUT2D eigenvalue weighted by Crippen LogP contribution is -2.24. The third-order valence-corrected chi connectivity index (χ3v) is 5.38. The van der Waals surface area contributed by atoms with Crippen molar-refractivity contribution in [2.45, 2.75) is 13.0 Å². The molecule has 6 heteroatoms. The molecule has 0 radical (unpaired) electrons. The molecule has 92 valence electrons. The normalized spacial score (nSPS) is 18.9. The van der Waals surface area contributed by atoms with Crippen molar-refractivity contribution in [3.8, 4) is 11.8 Å². The maximum Gasteiger partial charge on any atom is 0.214 e. The standard InChI is InChI=1S/C11H13NO3S2/c13-6-1-3-10-4-7-16-11(10)9-12-5-2-8-17(12,14)15/h4,7,13H,2,5-6,8-9H2. The molecule has 1 aliphatic heterocycles. The third-order valence-electron chi connectivity index (χ3n) is 2.57. The zero-order valence-corrected chi connectivity index (χ0v) is 10.9. The van der Waals surface area contributed by atoms with Gasteiger partial charge in [0.1, 0.15) is 6.61 Å². The summed E-state index contributed by atoms with van der Waals surface area (Å²) in [4.78, 5) is 0.941. The molecule has 0 aromatic carbocycles. The number of aliphatic hydroxyl groups is 1. The second-order valence-corrected chi connectivity index (χ2v) is 6.81. The molecule has 0 bridgehead atoms. The van der Waals surface area contributed by atoms with Crippen molar-refractivity contribution in [3.63, 3.8) is 0 Å². The van der Waals surface area contributed by atoms with E-state index in [4.69, 9.17) is 5.11 Å². The molecule has 1 fully saturated rings. The van der Waals surface area contributed by atoms with Crippen molar-refractivity contribution in [1.29, 1.82) is 0 Å². The number of sulfonamides is 1. The minimum absolute atomic E-state index is 0.183. The van der Waals surface area contributed by atoms with Gasteiger partial charge in [-0.1, -0.05) is 11.8 Å². The van der Waals surface area contributed by atoms with Crippen molar-refractivity contribution in [2.24, 2.45) is 0 Å². The molecule has 1 aromatic heterocycles. The average Bonchev–Trinajstić information content (AvgIpc) is 2.84. The van der Waals surface area contributed by atoms with E-state index < -0.39 is 10.0 Å². The SMILES string of the molecule is O=S1(=O)CCCN1Cc1sccc1C#CCO. The van der Waals surface area contributed by atoms with Crippen molar-refractivity contribution in [2.75, 3.05) is 18.9 Å². The fraction of sp³-hybridized carbons (Fsp3) is 0.455. The molecule has 0 saturated carbocycles. The van der Waals surface area contributed by atoms with Crippen LogP contribution in [0.2, 0.25) is 0 Å². The van der Waals surface area contributed by atoms with Gasteiger partial charge in [-0.25, -0.2) is 8.42 Å². The monoisotopic (exact) mass is 271 g/mol. The van der Waals surface area contributed by atoms with E-state index in [1.165, 1.54) is 15.6 Å². The summed E-state index contributed by atoms with van der Waals surface area (Å²) in [5.74, 6) is 5.66. The molecule has 0 unspecified atom stereocenters. The maximum atomic E-state index is 11.7. The largest absolute Gasteiger partial charge is 0.384 e. The third kappa shape index (κ3) is 2.87. The van der Waals surface area contributed by atoms with Crippen LogP contribution < -0.4 is 0 Å². The highest BCUT2D eigenvalue weighted by Crippen LogP contribution is 2.22. The van der Waals surface area contributed by atoms with Crippen LogP contribution in [0.4, 0.5) is 0 Å². The van der Waals surface area contributed by atoms with Gasteiger partial charge in [0.15, 0.2) is 0 Å². The quantitative estimate of drug-likeness (QED) is 0.803. The van der Waals surface area contributed by atoms with Crippen LogP contribution in [0, 0.1) is 11.8 Å². The van der Waals surface area contributed by atoms with Gasteiger partial charge < -0.3 is 5.11 Å². The zero-order valence-electron chi connectivity index (χ0n) is 9.22. The molecule has 1 saturated heterocycles. The lowest BCUT2D eigenvalue weighted by atomic mass is 10.2. The van der Waals surface area contributed by atoms with E-state index in [9.17, 15) is 8.42 Å². The molecule has 1 aliphatic rings. The Labute approximate surface area is 105 Å². The Morgan fingerprint density at radius 1 is 1.53 bits per heavy atom. The summed E-state index contributed by atoms with van der Waals surface area (Å²) in [6, 6.07) is 1.85. The predicted molar refractivity (Wildman–Crippen MR) is 67.1 cm³/mol. The van der Waals surface area contributed by atoms with E-state index in [-0.39, 0.29) is 12.4 Å². The highest BCUT2D eigenvalue weighted by atomic mass is 32.2. The van der Waals surface area contributed by atoms with E-state index in [1.54, 1.807) is 0 Å². The molecule has 1 aromatic rings. The van der Waals surface area contributed by atoms with Gasteiger partial charge in [0.25, 0.3) is 0 Å². The van der Waals surface area contributed by atoms with Crippen LogP contribution in [0.1, 0.15) is 16.9 Å². The summed E-state index contributed by atoms with van der Waals surface area (Å²) < 4.78 is 24.8. The van der Waals surface area contributed by atoms with Gasteiger partial charge in [0.05, 0.1) is 5.75 Å². The van der Waals surface area contributed by atoms with Gasteiger partial charge in [-0.2, -0.15) is 4.31 Å². The number of thiophene rings is 1. The van der Waals surface area contributed by atoms with Gasteiger partial charge in [0.2, 0.25) is 10.0 Å². The number of aliphatic hydroxyl groups excluding tert-OH is 1. The second kappa shape index (κ2) is 5.19. The van der Waals surface area contributed by atoms with Crippen LogP contribution in [-0.2, 0) is 16.6 Å². The summed E-state index contributed by atoms with van der Waals surface area (Å²) in [5, 5.41) is 10.5. The van der Waals surface area contributed by atoms with Crippen molar-refractivity contribution >= 4 is 21.4 Å². The Kier molecular flexibility index (Phi) is 3.84. The van der Waals surface area contributed by atoms with Crippen LogP contribution in [0.15, 0.2) is 11.4 Å². The minimum atomic E-state index is -3.06. The van der Waals surface area contributed by atoms with Gasteiger partial charge in [0, 0.05) is 23.5 Å². The number of rotatable bonds is 2. The number of hydrogen-bond acceptors (Lipinski definition) is 4. The molecule has 17 heavy (non-hydrogen) atoms. The first kappa shape index (κ1) is 12.6. The van der Waals surface area contributed by atoms with Crippen LogP contribution in [0.3, 0.4) is 0 Å². The molecule has 4 nitrogen and oxygen atoms in total. The van der Waals surface area contributed by atoms with Gasteiger partial charge >= 0.3 is 0 Å². The summed E-state index contributed by atoms with van der Waals surface area (Å²) in [6.45, 7) is 0.805. The van der Waals surface area contributed by atoms with Crippen molar-refractivity contribution in [1.82, 2.24) is 4.31 Å². The summed E-state index contributed by atoms with van der Waals surface area (Å²) in [6.07, 6.45) is 0.700. The van der Waals surface area contributed by atoms with Crippen molar-refractivity contribution < 1.29 is 13.5 Å². The van der Waals surface area contributed by atoms with E-state index in [1.807, 2.05) is 11.4 Å². The zero-order chi connectivity index (χ0) is 12.3. The Morgan fingerprint density at radius 3 is 3.00 bits per heavy atom. The van der Waals surface area contributed by atoms with E-state index in [2.05, 4.69) is 11.8 Å². The predicted octanol–water partition coefficient (Wildman–Crippen LogP) is 0.627. The molecular weight excluding hydrogens is 258 g/mol. The molecule has 0 atom stereocenters. The van der Waals surface area contributed by atoms with Crippen molar-refractivity contribution in [3.05, 3.63) is 21.9 Å². The Balaban J connectivity index is 2.17. The first-order chi connectivity index (χ1) is 8.13. The van der Waals surface area contributed by atoms with Gasteiger partial charge in [-0.05, 0) is 17.9 Å². The lowest BCUT2D eigenvalue weighted by molar-refractivity contribution is 0.350. The molecule has 1 N–H and O–H groups in total. The molecule has 0 aliphatic carbocycles. The summed E-state index contributed by atoms with van der Waals surface area (Å²) >= 11 is 1.50. The van der Waals surface area contributed by atoms with E-state index in [0.29, 0.717) is 19.5 Å². The summed E-state index contributed by atoms with van der Waals surface area (Å²) in [7, 11) is -3.06. The number of hydrogen-bond donors (Lipinski definition) is 1. The highest BCUT2D eigenvalue weighted by Gasteiger charge is 2.28. The molecule has 0 spiro atoms. The fourth-order valence-electron chi connectivity index (χ4n) is 1.74. The smallest absolute Gasteiger partial charge is 0.214 e. The first-order valence-corrected chi connectivity index (χ1v) is 7.76. The topological polar surface area (TPSA) is 57.6 Å². The van der Waals surface area contributed by atoms with Gasteiger partial charge in [-0.15, -0.1) is 11.3 Å². The van der Waals surface area contributed by atoms with E-state index >= 15 is 0 Å². The maximum absolute atomic E-state index is 11.7.